The second-order valence-electron chi connectivity index (χ2n) is 14.5. The van der Waals surface area contributed by atoms with Crippen LogP contribution in [-0.4, -0.2) is 118 Å². The Hall–Kier alpha value is -5.06. The molecular formula is C37H56N8O9. The SMILES string of the molecule is CC[C@H](C)[C@H](NC(=O)[C@@H]1CCCN1C(=O)[C@H](Cc1ccccc1)NC(=O)[C@@H]1CCCN1C(=O)CN)C(=O)N[C@@H](CC(C)C)C(=O)N[C@@H](CC(N)=O)C(=O)O. The molecule has 2 aliphatic heterocycles. The van der Waals surface area contributed by atoms with Crippen molar-refractivity contribution in [2.75, 3.05) is 19.6 Å². The fourth-order valence-electron chi connectivity index (χ4n) is 6.87. The summed E-state index contributed by atoms with van der Waals surface area (Å²) in [5.41, 5.74) is 11.5. The molecule has 2 fully saturated rings. The van der Waals surface area contributed by atoms with Gasteiger partial charge in [0, 0.05) is 19.5 Å². The fraction of sp³-hybridized carbons (Fsp3) is 0.622. The number of carbonyl (C=O) groups is 8. The molecule has 9 N–H and O–H groups in total. The number of rotatable bonds is 19. The smallest absolute Gasteiger partial charge is 0.326 e. The Morgan fingerprint density at radius 1 is 0.796 bits per heavy atom. The van der Waals surface area contributed by atoms with Crippen LogP contribution < -0.4 is 32.7 Å². The minimum Gasteiger partial charge on any atom is -0.480 e. The van der Waals surface area contributed by atoms with Gasteiger partial charge in [-0.3, -0.25) is 33.6 Å². The second-order valence-corrected chi connectivity index (χ2v) is 14.5. The predicted octanol–water partition coefficient (Wildman–Crippen LogP) is -0.839. The molecule has 0 spiro atoms. The lowest BCUT2D eigenvalue weighted by Gasteiger charge is -2.32. The van der Waals surface area contributed by atoms with E-state index in [1.54, 1.807) is 20.8 Å². The maximum atomic E-state index is 14.3. The van der Waals surface area contributed by atoms with E-state index in [0.29, 0.717) is 38.6 Å². The molecule has 0 bridgehead atoms. The summed E-state index contributed by atoms with van der Waals surface area (Å²) in [6.45, 7) is 7.55. The number of benzene rings is 1. The largest absolute Gasteiger partial charge is 0.480 e. The van der Waals surface area contributed by atoms with Gasteiger partial charge in [-0.15, -0.1) is 0 Å². The number of nitrogens with zero attached hydrogens (tertiary/aromatic N) is 2. The van der Waals surface area contributed by atoms with Gasteiger partial charge < -0.3 is 47.6 Å². The molecule has 17 heteroatoms. The zero-order chi connectivity index (χ0) is 40.1. The van der Waals surface area contributed by atoms with Crippen molar-refractivity contribution in [3.63, 3.8) is 0 Å². The average molecular weight is 757 g/mol. The van der Waals surface area contributed by atoms with Gasteiger partial charge in [-0.2, -0.15) is 0 Å². The first-order valence-corrected chi connectivity index (χ1v) is 18.6. The van der Waals surface area contributed by atoms with Crippen molar-refractivity contribution < 1.29 is 43.5 Å². The number of carbonyl (C=O) groups excluding carboxylic acids is 7. The number of carboxylic acid groups (broad SMARTS) is 1. The number of hydrogen-bond acceptors (Lipinski definition) is 9. The van der Waals surface area contributed by atoms with Crippen molar-refractivity contribution in [1.29, 1.82) is 0 Å². The number of aliphatic carboxylic acids is 1. The van der Waals surface area contributed by atoms with Gasteiger partial charge >= 0.3 is 5.97 Å². The van der Waals surface area contributed by atoms with Crippen LogP contribution in [-0.2, 0) is 44.8 Å². The highest BCUT2D eigenvalue weighted by molar-refractivity contribution is 5.97. The van der Waals surface area contributed by atoms with Crippen LogP contribution in [0.1, 0.15) is 78.2 Å². The molecule has 0 aromatic heterocycles. The number of amides is 7. The Morgan fingerprint density at radius 3 is 1.93 bits per heavy atom. The molecule has 2 heterocycles. The standard InChI is InChI=1S/C37H56N8O9/c1-5-22(4)31(35(51)40-24(17-21(2)3)32(48)42-26(37(53)54)19-29(39)46)43-34(50)28-14-10-16-45(28)36(52)25(18-23-11-7-6-8-12-23)41-33(49)27-13-9-15-44(27)30(47)20-38/h6-8,11-12,21-22,24-28,31H,5,9-10,13-20,38H2,1-4H3,(H2,39,46)(H,40,51)(H,41,49)(H,42,48)(H,43,50)(H,53,54)/t22-,24-,25-,26-,27-,28-,31-/m0/s1. The summed E-state index contributed by atoms with van der Waals surface area (Å²) in [7, 11) is 0. The molecule has 7 atom stereocenters. The third-order valence-electron chi connectivity index (χ3n) is 9.94. The molecule has 3 rings (SSSR count). The highest BCUT2D eigenvalue weighted by atomic mass is 16.4. The van der Waals surface area contributed by atoms with Crippen LogP contribution >= 0.6 is 0 Å². The Kier molecular flexibility index (Phi) is 16.4. The first-order chi connectivity index (χ1) is 25.6. The first-order valence-electron chi connectivity index (χ1n) is 18.6. The summed E-state index contributed by atoms with van der Waals surface area (Å²) in [5.74, 6) is -6.35. The summed E-state index contributed by atoms with van der Waals surface area (Å²) in [6, 6.07) is 2.37. The van der Waals surface area contributed by atoms with E-state index in [1.165, 1.54) is 9.80 Å². The van der Waals surface area contributed by atoms with Crippen LogP contribution in [0.2, 0.25) is 0 Å². The monoisotopic (exact) mass is 756 g/mol. The van der Waals surface area contributed by atoms with Gasteiger partial charge in [0.2, 0.25) is 41.4 Å². The lowest BCUT2D eigenvalue weighted by molar-refractivity contribution is -0.144. The number of likely N-dealkylation sites (tertiary alicyclic amines) is 2. The van der Waals surface area contributed by atoms with E-state index < -0.39 is 90.0 Å². The summed E-state index contributed by atoms with van der Waals surface area (Å²) in [5, 5.41) is 20.1. The van der Waals surface area contributed by atoms with Crippen molar-refractivity contribution in [2.24, 2.45) is 23.3 Å². The minimum atomic E-state index is -1.60. The highest BCUT2D eigenvalue weighted by Crippen LogP contribution is 2.23. The van der Waals surface area contributed by atoms with Crippen molar-refractivity contribution in [3.8, 4) is 0 Å². The normalized spacial score (nSPS) is 19.6. The van der Waals surface area contributed by atoms with Gasteiger partial charge in [-0.25, -0.2) is 4.79 Å². The van der Waals surface area contributed by atoms with Crippen LogP contribution in [0, 0.1) is 11.8 Å². The van der Waals surface area contributed by atoms with Crippen molar-refractivity contribution in [1.82, 2.24) is 31.1 Å². The number of nitrogens with two attached hydrogens (primary N) is 2. The Balaban J connectivity index is 1.81. The van der Waals surface area contributed by atoms with E-state index in [9.17, 15) is 43.5 Å². The summed E-state index contributed by atoms with van der Waals surface area (Å²) in [6.07, 6.45) is 1.90. The third kappa shape index (κ3) is 12.0. The number of carboxylic acids is 1. The quantitative estimate of drug-likeness (QED) is 0.0921. The summed E-state index contributed by atoms with van der Waals surface area (Å²) >= 11 is 0. The van der Waals surface area contributed by atoms with Gasteiger partial charge in [0.05, 0.1) is 13.0 Å². The van der Waals surface area contributed by atoms with E-state index in [0.717, 1.165) is 5.56 Å². The van der Waals surface area contributed by atoms with E-state index in [2.05, 4.69) is 21.3 Å². The van der Waals surface area contributed by atoms with Gasteiger partial charge in [0.1, 0.15) is 36.3 Å². The van der Waals surface area contributed by atoms with Crippen LogP contribution in [0.3, 0.4) is 0 Å². The molecule has 0 radical (unpaired) electrons. The van der Waals surface area contributed by atoms with Crippen LogP contribution in [0.5, 0.6) is 0 Å². The van der Waals surface area contributed by atoms with Gasteiger partial charge in [0.15, 0.2) is 0 Å². The van der Waals surface area contributed by atoms with Gasteiger partial charge in [-0.1, -0.05) is 64.4 Å². The third-order valence-corrected chi connectivity index (χ3v) is 9.94. The Labute approximate surface area is 315 Å². The molecule has 17 nitrogen and oxygen atoms in total. The zero-order valence-electron chi connectivity index (χ0n) is 31.5. The van der Waals surface area contributed by atoms with Gasteiger partial charge in [0.25, 0.3) is 0 Å². The van der Waals surface area contributed by atoms with Crippen molar-refractivity contribution in [3.05, 3.63) is 35.9 Å². The lowest BCUT2D eigenvalue weighted by atomic mass is 9.96. The predicted molar refractivity (Wildman–Crippen MR) is 197 cm³/mol. The summed E-state index contributed by atoms with van der Waals surface area (Å²) in [4.78, 5) is 107. The molecule has 2 aliphatic rings. The molecule has 298 valence electrons. The number of nitrogens with one attached hydrogen (secondary N) is 4. The topological polar surface area (TPSA) is 263 Å². The molecule has 0 unspecified atom stereocenters. The molecule has 2 saturated heterocycles. The van der Waals surface area contributed by atoms with E-state index in [1.807, 2.05) is 37.3 Å². The van der Waals surface area contributed by atoms with E-state index in [4.69, 9.17) is 11.5 Å². The maximum Gasteiger partial charge on any atom is 0.326 e. The van der Waals surface area contributed by atoms with Crippen LogP contribution in [0.4, 0.5) is 0 Å². The van der Waals surface area contributed by atoms with Crippen LogP contribution in [0.15, 0.2) is 30.3 Å². The second kappa shape index (κ2) is 20.4. The van der Waals surface area contributed by atoms with Gasteiger partial charge in [-0.05, 0) is 49.5 Å². The Bertz CT molecular complexity index is 1520. The Morgan fingerprint density at radius 2 is 1.37 bits per heavy atom. The zero-order valence-corrected chi connectivity index (χ0v) is 31.5. The van der Waals surface area contributed by atoms with E-state index in [-0.39, 0.29) is 37.8 Å². The molecular weight excluding hydrogens is 700 g/mol. The average Bonchev–Trinajstić information content (AvgIpc) is 3.83. The summed E-state index contributed by atoms with van der Waals surface area (Å²) < 4.78 is 0. The molecule has 0 aliphatic carbocycles. The molecule has 0 saturated carbocycles. The first kappa shape index (κ1) is 43.3. The molecule has 54 heavy (non-hydrogen) atoms. The highest BCUT2D eigenvalue weighted by Gasteiger charge is 2.42. The molecule has 1 aromatic rings. The van der Waals surface area contributed by atoms with Crippen molar-refractivity contribution in [2.45, 2.75) is 115 Å². The fourth-order valence-corrected chi connectivity index (χ4v) is 6.87. The number of primary amides is 1. The van der Waals surface area contributed by atoms with Crippen LogP contribution in [0.25, 0.3) is 0 Å². The maximum absolute atomic E-state index is 14.3. The van der Waals surface area contributed by atoms with Crippen molar-refractivity contribution >= 4 is 47.3 Å². The lowest BCUT2D eigenvalue weighted by Crippen LogP contribution is -2.60. The molecule has 1 aromatic carbocycles. The minimum absolute atomic E-state index is 0.114. The van der Waals surface area contributed by atoms with E-state index >= 15 is 0 Å². The number of hydrogen-bond donors (Lipinski definition) is 7. The molecule has 7 amide bonds.